The van der Waals surface area contributed by atoms with Gasteiger partial charge < -0.3 is 16.0 Å². The topological polar surface area (TPSA) is 117 Å². The van der Waals surface area contributed by atoms with Gasteiger partial charge in [-0.3, -0.25) is 14.7 Å². The number of nitrogens with two attached hydrogens (primary N) is 1. The Kier molecular flexibility index (Phi) is 4.14. The number of aromatic amines is 1. The van der Waals surface area contributed by atoms with E-state index in [2.05, 4.69) is 20.5 Å². The summed E-state index contributed by atoms with van der Waals surface area (Å²) in [6, 6.07) is 0.138. The number of likely N-dealkylation sites (tertiary alicyclic amines) is 1. The van der Waals surface area contributed by atoms with Crippen LogP contribution >= 0.6 is 0 Å². The van der Waals surface area contributed by atoms with Crippen LogP contribution in [0.3, 0.4) is 0 Å². The molecule has 0 saturated carbocycles. The number of fused-ring (bicyclic) bond motifs is 1. The smallest absolute Gasteiger partial charge is 0.314 e. The summed E-state index contributed by atoms with van der Waals surface area (Å²) in [5, 5.41) is 9.89. The number of nitrogen functional groups attached to an aromatic ring is 1. The molecule has 23 heavy (non-hydrogen) atoms. The quantitative estimate of drug-likeness (QED) is 0.721. The van der Waals surface area contributed by atoms with Gasteiger partial charge in [0, 0.05) is 12.6 Å². The molecule has 0 radical (unpaired) electrons. The average Bonchev–Trinajstić information content (AvgIpc) is 3.07. The van der Waals surface area contributed by atoms with Gasteiger partial charge >= 0.3 is 11.8 Å². The lowest BCUT2D eigenvalue weighted by Crippen LogP contribution is -2.48. The molecule has 1 fully saturated rings. The lowest BCUT2D eigenvalue weighted by atomic mass is 10.00. The van der Waals surface area contributed by atoms with Crippen molar-refractivity contribution in [1.82, 2.24) is 20.1 Å². The molecular formula is C15H20N6O2. The minimum Gasteiger partial charge on any atom is -0.383 e. The summed E-state index contributed by atoms with van der Waals surface area (Å²) in [6.07, 6.45) is 6.79. The first-order valence-corrected chi connectivity index (χ1v) is 7.81. The maximum Gasteiger partial charge on any atom is 0.314 e. The normalized spacial score (nSPS) is 18.1. The number of H-pyrrole nitrogens is 1. The van der Waals surface area contributed by atoms with E-state index in [1.807, 2.05) is 6.92 Å². The Morgan fingerprint density at radius 1 is 1.43 bits per heavy atom. The standard InChI is InChI=1S/C15H20N6O2/c1-2-9-5-3-4-6-21(9)15(23)14(22)19-11-8-17-13(16)10-7-18-20-12(10)11/h7-9H,2-6H2,1H3,(H2,16,17)(H,18,20)(H,19,22)/t9-/m0/s1. The Morgan fingerprint density at radius 3 is 3.04 bits per heavy atom. The summed E-state index contributed by atoms with van der Waals surface area (Å²) in [5.74, 6) is -0.839. The molecule has 8 nitrogen and oxygen atoms in total. The van der Waals surface area contributed by atoms with Gasteiger partial charge in [0.2, 0.25) is 0 Å². The van der Waals surface area contributed by atoms with Gasteiger partial charge in [-0.15, -0.1) is 0 Å². The second kappa shape index (κ2) is 6.23. The van der Waals surface area contributed by atoms with Gasteiger partial charge in [-0.05, 0) is 25.7 Å². The maximum absolute atomic E-state index is 12.5. The van der Waals surface area contributed by atoms with E-state index in [0.29, 0.717) is 29.0 Å². The minimum absolute atomic E-state index is 0.138. The van der Waals surface area contributed by atoms with Crippen LogP contribution in [-0.4, -0.2) is 44.5 Å². The number of piperidine rings is 1. The molecule has 0 unspecified atom stereocenters. The number of carbonyl (C=O) groups is 2. The van der Waals surface area contributed by atoms with Crippen LogP contribution in [-0.2, 0) is 9.59 Å². The number of nitrogens with zero attached hydrogens (tertiary/aromatic N) is 3. The van der Waals surface area contributed by atoms with Crippen molar-refractivity contribution >= 4 is 34.2 Å². The highest BCUT2D eigenvalue weighted by atomic mass is 16.2. The van der Waals surface area contributed by atoms with E-state index in [1.54, 1.807) is 4.90 Å². The second-order valence-electron chi connectivity index (χ2n) is 5.73. The number of hydrogen-bond acceptors (Lipinski definition) is 5. The average molecular weight is 316 g/mol. The highest BCUT2D eigenvalue weighted by Gasteiger charge is 2.30. The second-order valence-corrected chi connectivity index (χ2v) is 5.73. The lowest BCUT2D eigenvalue weighted by Gasteiger charge is -2.34. The number of aromatic nitrogens is 3. The van der Waals surface area contributed by atoms with Gasteiger partial charge in [0.1, 0.15) is 5.82 Å². The highest BCUT2D eigenvalue weighted by molar-refractivity contribution is 6.40. The van der Waals surface area contributed by atoms with Crippen molar-refractivity contribution in [1.29, 1.82) is 0 Å². The molecule has 3 heterocycles. The summed E-state index contributed by atoms with van der Waals surface area (Å²) in [6.45, 7) is 2.66. The Bertz CT molecular complexity index is 741. The molecule has 1 aliphatic heterocycles. The summed E-state index contributed by atoms with van der Waals surface area (Å²) in [5.41, 5.74) is 6.71. The van der Waals surface area contributed by atoms with Gasteiger partial charge in [0.15, 0.2) is 0 Å². The lowest BCUT2D eigenvalue weighted by molar-refractivity contribution is -0.145. The van der Waals surface area contributed by atoms with E-state index in [4.69, 9.17) is 5.73 Å². The number of rotatable bonds is 2. The first kappa shape index (κ1) is 15.3. The molecule has 1 saturated heterocycles. The van der Waals surface area contributed by atoms with Gasteiger partial charge in [0.25, 0.3) is 0 Å². The third-order valence-electron chi connectivity index (χ3n) is 4.32. The molecule has 0 bridgehead atoms. The van der Waals surface area contributed by atoms with Gasteiger partial charge in [-0.2, -0.15) is 5.10 Å². The van der Waals surface area contributed by atoms with Crippen LogP contribution in [0, 0.1) is 0 Å². The van der Waals surface area contributed by atoms with Gasteiger partial charge in [-0.25, -0.2) is 4.98 Å². The third kappa shape index (κ3) is 2.84. The zero-order valence-electron chi connectivity index (χ0n) is 13.0. The third-order valence-corrected chi connectivity index (χ3v) is 4.32. The van der Waals surface area contributed by atoms with Crippen molar-refractivity contribution in [3.63, 3.8) is 0 Å². The van der Waals surface area contributed by atoms with Crippen molar-refractivity contribution in [2.45, 2.75) is 38.6 Å². The highest BCUT2D eigenvalue weighted by Crippen LogP contribution is 2.24. The van der Waals surface area contributed by atoms with Crippen LogP contribution in [0.4, 0.5) is 11.5 Å². The van der Waals surface area contributed by atoms with Gasteiger partial charge in [0.05, 0.1) is 29.0 Å². The van der Waals surface area contributed by atoms with Crippen LogP contribution in [0.25, 0.3) is 10.9 Å². The monoisotopic (exact) mass is 316 g/mol. The fourth-order valence-electron chi connectivity index (χ4n) is 3.05. The van der Waals surface area contributed by atoms with Crippen molar-refractivity contribution in [2.24, 2.45) is 0 Å². The number of pyridine rings is 1. The largest absolute Gasteiger partial charge is 0.383 e. The fourth-order valence-corrected chi connectivity index (χ4v) is 3.05. The minimum atomic E-state index is -0.659. The maximum atomic E-state index is 12.5. The molecule has 2 amide bonds. The van der Waals surface area contributed by atoms with E-state index >= 15 is 0 Å². The van der Waals surface area contributed by atoms with Crippen molar-refractivity contribution in [2.75, 3.05) is 17.6 Å². The molecule has 122 valence electrons. The fraction of sp³-hybridized carbons (Fsp3) is 0.467. The van der Waals surface area contributed by atoms with E-state index in [-0.39, 0.29) is 6.04 Å². The first-order valence-electron chi connectivity index (χ1n) is 7.81. The molecule has 3 rings (SSSR count). The molecule has 2 aromatic rings. The van der Waals surface area contributed by atoms with Crippen molar-refractivity contribution in [3.8, 4) is 0 Å². The summed E-state index contributed by atoms with van der Waals surface area (Å²) in [4.78, 5) is 30.5. The molecule has 0 spiro atoms. The molecule has 1 atom stereocenters. The van der Waals surface area contributed by atoms with E-state index in [1.165, 1.54) is 12.4 Å². The summed E-state index contributed by atoms with van der Waals surface area (Å²) in [7, 11) is 0. The Labute approximate surface area is 133 Å². The SMILES string of the molecule is CC[C@H]1CCCCN1C(=O)C(=O)Nc1cnc(N)c2cn[nH]c12. The Hall–Kier alpha value is -2.64. The zero-order chi connectivity index (χ0) is 16.4. The first-order chi connectivity index (χ1) is 11.1. The van der Waals surface area contributed by atoms with E-state index in [0.717, 1.165) is 25.7 Å². The molecule has 8 heteroatoms. The molecule has 0 aliphatic carbocycles. The molecule has 4 N–H and O–H groups in total. The number of hydrogen-bond donors (Lipinski definition) is 3. The zero-order valence-corrected chi connectivity index (χ0v) is 13.0. The Balaban J connectivity index is 1.79. The predicted octanol–water partition coefficient (Wildman–Crippen LogP) is 1.27. The summed E-state index contributed by atoms with van der Waals surface area (Å²) >= 11 is 0. The molecule has 1 aliphatic rings. The molecular weight excluding hydrogens is 296 g/mol. The molecule has 2 aromatic heterocycles. The van der Waals surface area contributed by atoms with Crippen LogP contribution in [0.1, 0.15) is 32.6 Å². The number of amides is 2. The number of nitrogens with one attached hydrogen (secondary N) is 2. The van der Waals surface area contributed by atoms with E-state index < -0.39 is 11.8 Å². The number of anilines is 2. The van der Waals surface area contributed by atoms with Crippen LogP contribution < -0.4 is 11.1 Å². The molecule has 0 aromatic carbocycles. The van der Waals surface area contributed by atoms with E-state index in [9.17, 15) is 9.59 Å². The summed E-state index contributed by atoms with van der Waals surface area (Å²) < 4.78 is 0. The van der Waals surface area contributed by atoms with Crippen LogP contribution in [0.15, 0.2) is 12.4 Å². The Morgan fingerprint density at radius 2 is 2.26 bits per heavy atom. The predicted molar refractivity (Wildman–Crippen MR) is 86.6 cm³/mol. The number of carbonyl (C=O) groups excluding carboxylic acids is 2. The van der Waals surface area contributed by atoms with Crippen molar-refractivity contribution < 1.29 is 9.59 Å². The van der Waals surface area contributed by atoms with Crippen LogP contribution in [0.2, 0.25) is 0 Å². The van der Waals surface area contributed by atoms with Crippen LogP contribution in [0.5, 0.6) is 0 Å². The van der Waals surface area contributed by atoms with Crippen molar-refractivity contribution in [3.05, 3.63) is 12.4 Å². The van der Waals surface area contributed by atoms with Gasteiger partial charge in [-0.1, -0.05) is 6.92 Å².